The van der Waals surface area contributed by atoms with Crippen LogP contribution in [0.2, 0.25) is 0 Å². The molecular formula is C14H21N3O. The van der Waals surface area contributed by atoms with Gasteiger partial charge < -0.3 is 16.4 Å². The van der Waals surface area contributed by atoms with Gasteiger partial charge in [-0.15, -0.1) is 0 Å². The Labute approximate surface area is 108 Å². The van der Waals surface area contributed by atoms with Gasteiger partial charge in [0, 0.05) is 18.3 Å². The lowest BCUT2D eigenvalue weighted by molar-refractivity contribution is -0.116. The molecule has 1 aliphatic rings. The van der Waals surface area contributed by atoms with E-state index in [9.17, 15) is 4.79 Å². The molecule has 4 N–H and O–H groups in total. The third-order valence-electron chi connectivity index (χ3n) is 3.61. The number of anilines is 1. The van der Waals surface area contributed by atoms with Crippen molar-refractivity contribution in [3.63, 3.8) is 0 Å². The van der Waals surface area contributed by atoms with Gasteiger partial charge in [-0.25, -0.2) is 0 Å². The maximum Gasteiger partial charge on any atom is 0.236 e. The summed E-state index contributed by atoms with van der Waals surface area (Å²) < 4.78 is 0. The zero-order valence-corrected chi connectivity index (χ0v) is 10.6. The van der Waals surface area contributed by atoms with E-state index in [4.69, 9.17) is 11.5 Å². The van der Waals surface area contributed by atoms with Gasteiger partial charge in [-0.3, -0.25) is 4.79 Å². The molecule has 0 saturated heterocycles. The zero-order chi connectivity index (χ0) is 13.0. The largest absolute Gasteiger partial charge is 0.368 e. The first-order chi connectivity index (χ1) is 8.72. The van der Waals surface area contributed by atoms with E-state index >= 15 is 0 Å². The van der Waals surface area contributed by atoms with Crippen LogP contribution in [0.15, 0.2) is 24.3 Å². The Morgan fingerprint density at radius 1 is 1.28 bits per heavy atom. The topological polar surface area (TPSA) is 72.3 Å². The van der Waals surface area contributed by atoms with E-state index in [1.807, 2.05) is 24.3 Å². The molecule has 1 aliphatic carbocycles. The van der Waals surface area contributed by atoms with E-state index < -0.39 is 0 Å². The Bertz CT molecular complexity index is 413. The van der Waals surface area contributed by atoms with Crippen LogP contribution >= 0.6 is 0 Å². The molecule has 4 nitrogen and oxygen atoms in total. The first kappa shape index (κ1) is 12.9. The number of amides is 1. The van der Waals surface area contributed by atoms with Gasteiger partial charge in [0.25, 0.3) is 0 Å². The van der Waals surface area contributed by atoms with Crippen molar-refractivity contribution < 1.29 is 4.79 Å². The van der Waals surface area contributed by atoms with Crippen molar-refractivity contribution in [2.45, 2.75) is 38.3 Å². The number of hydrogen-bond donors (Lipinski definition) is 2. The van der Waals surface area contributed by atoms with Crippen LogP contribution < -0.4 is 16.4 Å². The fourth-order valence-corrected chi connectivity index (χ4v) is 2.76. The molecule has 0 radical (unpaired) electrons. The second kappa shape index (κ2) is 5.87. The Kier molecular flexibility index (Phi) is 4.20. The molecule has 1 fully saturated rings. The summed E-state index contributed by atoms with van der Waals surface area (Å²) in [5, 5.41) is 0. The number of rotatable bonds is 5. The van der Waals surface area contributed by atoms with Crippen molar-refractivity contribution in [3.8, 4) is 0 Å². The molecule has 1 aromatic carbocycles. The number of benzene rings is 1. The minimum atomic E-state index is -0.284. The second-order valence-electron chi connectivity index (χ2n) is 4.87. The molecule has 98 valence electrons. The maximum atomic E-state index is 11.3. The van der Waals surface area contributed by atoms with Crippen LogP contribution in [-0.2, 0) is 11.3 Å². The molecule has 0 aliphatic heterocycles. The van der Waals surface area contributed by atoms with Gasteiger partial charge in [0.1, 0.15) is 0 Å². The maximum absolute atomic E-state index is 11.3. The predicted molar refractivity (Wildman–Crippen MR) is 73.1 cm³/mol. The summed E-state index contributed by atoms with van der Waals surface area (Å²) in [4.78, 5) is 13.4. The second-order valence-corrected chi connectivity index (χ2v) is 4.87. The summed E-state index contributed by atoms with van der Waals surface area (Å²) in [6.07, 6.45) is 4.72. The number of hydrogen-bond acceptors (Lipinski definition) is 3. The molecule has 0 atom stereocenters. The van der Waals surface area contributed by atoms with Crippen LogP contribution in [0.5, 0.6) is 0 Å². The molecule has 18 heavy (non-hydrogen) atoms. The van der Waals surface area contributed by atoms with Gasteiger partial charge >= 0.3 is 0 Å². The van der Waals surface area contributed by atoms with E-state index in [0.29, 0.717) is 12.6 Å². The summed E-state index contributed by atoms with van der Waals surface area (Å²) in [7, 11) is 0. The molecule has 0 heterocycles. The number of primary amides is 1. The molecule has 0 aromatic heterocycles. The van der Waals surface area contributed by atoms with E-state index in [0.717, 1.165) is 24.1 Å². The Hall–Kier alpha value is -1.55. The highest BCUT2D eigenvalue weighted by Gasteiger charge is 2.25. The Morgan fingerprint density at radius 2 is 1.94 bits per heavy atom. The van der Waals surface area contributed by atoms with E-state index in [2.05, 4.69) is 4.90 Å². The number of nitrogens with two attached hydrogens (primary N) is 2. The van der Waals surface area contributed by atoms with Gasteiger partial charge in [0.15, 0.2) is 0 Å². The molecule has 1 aromatic rings. The van der Waals surface area contributed by atoms with Gasteiger partial charge in [0.05, 0.1) is 6.54 Å². The molecule has 2 rings (SSSR count). The third kappa shape index (κ3) is 2.82. The van der Waals surface area contributed by atoms with E-state index in [1.54, 1.807) is 0 Å². The molecule has 1 amide bonds. The standard InChI is InChI=1S/C14H21N3O/c15-9-11-5-1-4-8-13(11)17(10-14(16)18)12-6-2-3-7-12/h1,4-5,8,12H,2-3,6-7,9-10,15H2,(H2,16,18). The molecule has 4 heteroatoms. The quantitative estimate of drug-likeness (QED) is 0.825. The summed E-state index contributed by atoms with van der Waals surface area (Å²) in [6, 6.07) is 8.42. The first-order valence-corrected chi connectivity index (χ1v) is 6.55. The van der Waals surface area contributed by atoms with Crippen LogP contribution in [0.4, 0.5) is 5.69 Å². The fraction of sp³-hybridized carbons (Fsp3) is 0.500. The van der Waals surface area contributed by atoms with Crippen molar-refractivity contribution in [2.75, 3.05) is 11.4 Å². The smallest absolute Gasteiger partial charge is 0.236 e. The van der Waals surface area contributed by atoms with Crippen LogP contribution in [0.25, 0.3) is 0 Å². The van der Waals surface area contributed by atoms with Gasteiger partial charge in [-0.1, -0.05) is 31.0 Å². The average molecular weight is 247 g/mol. The SMILES string of the molecule is NCc1ccccc1N(CC(N)=O)C1CCCC1. The highest BCUT2D eigenvalue weighted by Crippen LogP contribution is 2.30. The fourth-order valence-electron chi connectivity index (χ4n) is 2.76. The van der Waals surface area contributed by atoms with E-state index in [-0.39, 0.29) is 12.5 Å². The minimum absolute atomic E-state index is 0.279. The van der Waals surface area contributed by atoms with Crippen molar-refractivity contribution >= 4 is 11.6 Å². The molecule has 1 saturated carbocycles. The van der Waals surface area contributed by atoms with Crippen LogP contribution in [-0.4, -0.2) is 18.5 Å². The number of carbonyl (C=O) groups is 1. The van der Waals surface area contributed by atoms with E-state index in [1.165, 1.54) is 12.8 Å². The summed E-state index contributed by atoms with van der Waals surface area (Å²) in [5.41, 5.74) is 13.3. The van der Waals surface area contributed by atoms with Crippen LogP contribution in [0.3, 0.4) is 0 Å². The number of nitrogens with zero attached hydrogens (tertiary/aromatic N) is 1. The molecular weight excluding hydrogens is 226 g/mol. The predicted octanol–water partition coefficient (Wildman–Crippen LogP) is 1.38. The molecule has 0 bridgehead atoms. The normalized spacial score (nSPS) is 15.8. The minimum Gasteiger partial charge on any atom is -0.368 e. The lowest BCUT2D eigenvalue weighted by Gasteiger charge is -2.31. The lowest BCUT2D eigenvalue weighted by Crippen LogP contribution is -2.40. The van der Waals surface area contributed by atoms with Crippen LogP contribution in [0, 0.1) is 0 Å². The highest BCUT2D eigenvalue weighted by molar-refractivity contribution is 5.80. The number of para-hydroxylation sites is 1. The van der Waals surface area contributed by atoms with Gasteiger partial charge in [-0.2, -0.15) is 0 Å². The van der Waals surface area contributed by atoms with Crippen LogP contribution in [0.1, 0.15) is 31.2 Å². The van der Waals surface area contributed by atoms with Gasteiger partial charge in [0.2, 0.25) is 5.91 Å². The highest BCUT2D eigenvalue weighted by atomic mass is 16.1. The average Bonchev–Trinajstić information content (AvgIpc) is 2.89. The molecule has 0 spiro atoms. The summed E-state index contributed by atoms with van der Waals surface area (Å²) in [6.45, 7) is 0.764. The zero-order valence-electron chi connectivity index (χ0n) is 10.6. The van der Waals surface area contributed by atoms with Crippen molar-refractivity contribution in [2.24, 2.45) is 11.5 Å². The number of carbonyl (C=O) groups excluding carboxylic acids is 1. The summed E-state index contributed by atoms with van der Waals surface area (Å²) in [5.74, 6) is -0.284. The summed E-state index contributed by atoms with van der Waals surface area (Å²) >= 11 is 0. The van der Waals surface area contributed by atoms with Crippen molar-refractivity contribution in [3.05, 3.63) is 29.8 Å². The van der Waals surface area contributed by atoms with Crippen molar-refractivity contribution in [1.82, 2.24) is 0 Å². The first-order valence-electron chi connectivity index (χ1n) is 6.55. The lowest BCUT2D eigenvalue weighted by atomic mass is 10.1. The van der Waals surface area contributed by atoms with Crippen molar-refractivity contribution in [1.29, 1.82) is 0 Å². The molecule has 0 unspecified atom stereocenters. The Morgan fingerprint density at radius 3 is 2.56 bits per heavy atom. The Balaban J connectivity index is 2.29. The van der Waals surface area contributed by atoms with Gasteiger partial charge in [-0.05, 0) is 24.5 Å². The third-order valence-corrected chi connectivity index (χ3v) is 3.61. The monoisotopic (exact) mass is 247 g/mol.